The summed E-state index contributed by atoms with van der Waals surface area (Å²) in [6.45, 7) is 3.55. The van der Waals surface area contributed by atoms with Crippen molar-refractivity contribution >= 4 is 0 Å². The van der Waals surface area contributed by atoms with Crippen molar-refractivity contribution in [3.8, 4) is 11.8 Å². The first-order valence-electron chi connectivity index (χ1n) is 8.61. The largest absolute Gasteiger partial charge is 0.381 e. The molecule has 0 bridgehead atoms. The second kappa shape index (κ2) is 6.71. The molecular weight excluding hydrogens is 302 g/mol. The lowest BCUT2D eigenvalue weighted by Crippen LogP contribution is -2.15. The Kier molecular flexibility index (Phi) is 4.28. The first kappa shape index (κ1) is 15.3. The molecule has 124 valence electrons. The molecule has 6 nitrogen and oxygen atoms in total. The number of hydrogen-bond acceptors (Lipinski definition) is 5. The molecule has 4 rings (SSSR count). The molecule has 3 heterocycles. The van der Waals surface area contributed by atoms with Gasteiger partial charge < -0.3 is 10.1 Å². The number of nitrogens with zero attached hydrogens (tertiary/aromatic N) is 4. The summed E-state index contributed by atoms with van der Waals surface area (Å²) >= 11 is 0. The van der Waals surface area contributed by atoms with Crippen molar-refractivity contribution in [2.45, 2.75) is 31.1 Å². The molecule has 0 radical (unpaired) electrons. The van der Waals surface area contributed by atoms with Crippen molar-refractivity contribution in [3.05, 3.63) is 41.5 Å². The Morgan fingerprint density at radius 1 is 1.12 bits per heavy atom. The van der Waals surface area contributed by atoms with Gasteiger partial charge in [0.05, 0.1) is 17.3 Å². The molecule has 24 heavy (non-hydrogen) atoms. The Hall–Kier alpha value is -2.23. The predicted molar refractivity (Wildman–Crippen MR) is 89.1 cm³/mol. The van der Waals surface area contributed by atoms with Crippen LogP contribution in [0, 0.1) is 11.3 Å². The van der Waals surface area contributed by atoms with Crippen LogP contribution >= 0.6 is 0 Å². The summed E-state index contributed by atoms with van der Waals surface area (Å²) in [4.78, 5) is 4.93. The average molecular weight is 323 g/mol. The summed E-state index contributed by atoms with van der Waals surface area (Å²) in [5, 5.41) is 17.3. The zero-order chi connectivity index (χ0) is 16.4. The summed E-state index contributed by atoms with van der Waals surface area (Å²) in [6, 6.07) is 9.74. The molecule has 6 heteroatoms. The van der Waals surface area contributed by atoms with E-state index >= 15 is 0 Å². The van der Waals surface area contributed by atoms with Crippen LogP contribution in [0.25, 0.3) is 5.69 Å². The van der Waals surface area contributed by atoms with Crippen LogP contribution in [-0.4, -0.2) is 41.1 Å². The van der Waals surface area contributed by atoms with Gasteiger partial charge in [-0.05, 0) is 50.1 Å². The fourth-order valence-corrected chi connectivity index (χ4v) is 3.48. The van der Waals surface area contributed by atoms with E-state index in [4.69, 9.17) is 20.1 Å². The van der Waals surface area contributed by atoms with Crippen molar-refractivity contribution in [1.82, 2.24) is 20.1 Å². The topological polar surface area (TPSA) is 75.8 Å². The van der Waals surface area contributed by atoms with Gasteiger partial charge in [0.1, 0.15) is 5.82 Å². The molecule has 1 aromatic heterocycles. The molecule has 2 aliphatic heterocycles. The number of benzene rings is 1. The summed E-state index contributed by atoms with van der Waals surface area (Å²) in [6.07, 6.45) is 3.06. The summed E-state index contributed by atoms with van der Waals surface area (Å²) in [7, 11) is 0. The highest BCUT2D eigenvalue weighted by Crippen LogP contribution is 2.29. The van der Waals surface area contributed by atoms with Crippen LogP contribution < -0.4 is 5.32 Å². The Bertz CT molecular complexity index is 734. The van der Waals surface area contributed by atoms with Crippen LogP contribution in [-0.2, 0) is 4.74 Å². The second-order valence-electron chi connectivity index (χ2n) is 6.48. The van der Waals surface area contributed by atoms with Gasteiger partial charge in [-0.1, -0.05) is 0 Å². The minimum absolute atomic E-state index is 0.381. The highest BCUT2D eigenvalue weighted by atomic mass is 16.5. The molecule has 0 spiro atoms. The fourth-order valence-electron chi connectivity index (χ4n) is 3.48. The van der Waals surface area contributed by atoms with E-state index in [1.807, 2.05) is 28.9 Å². The number of rotatable bonds is 3. The lowest BCUT2D eigenvalue weighted by Gasteiger charge is -2.18. The fraction of sp³-hybridized carbons (Fsp3) is 0.500. The second-order valence-corrected chi connectivity index (χ2v) is 6.48. The van der Waals surface area contributed by atoms with Gasteiger partial charge in [0.25, 0.3) is 0 Å². The number of nitriles is 1. The van der Waals surface area contributed by atoms with Gasteiger partial charge >= 0.3 is 0 Å². The molecule has 0 aliphatic carbocycles. The Morgan fingerprint density at radius 3 is 2.58 bits per heavy atom. The third-order valence-corrected chi connectivity index (χ3v) is 4.90. The zero-order valence-corrected chi connectivity index (χ0v) is 13.6. The maximum atomic E-state index is 9.00. The molecular formula is C18H21N5O. The molecule has 2 saturated heterocycles. The van der Waals surface area contributed by atoms with Crippen LogP contribution in [0.2, 0.25) is 0 Å². The van der Waals surface area contributed by atoms with Crippen molar-refractivity contribution in [3.63, 3.8) is 0 Å². The van der Waals surface area contributed by atoms with Crippen molar-refractivity contribution < 1.29 is 4.74 Å². The smallest absolute Gasteiger partial charge is 0.154 e. The van der Waals surface area contributed by atoms with E-state index in [9.17, 15) is 0 Å². The highest BCUT2D eigenvalue weighted by Gasteiger charge is 2.27. The standard InChI is InChI=1S/C18H21N5O/c19-11-13-1-3-16(4-2-13)23-18(15-5-8-20-12-15)21-17(22-23)14-6-9-24-10-7-14/h1-4,14-15,20H,5-10,12H2/t15-/m0/s1. The summed E-state index contributed by atoms with van der Waals surface area (Å²) in [5.74, 6) is 2.74. The maximum Gasteiger partial charge on any atom is 0.154 e. The van der Waals surface area contributed by atoms with E-state index in [2.05, 4.69) is 11.4 Å². The van der Waals surface area contributed by atoms with E-state index < -0.39 is 0 Å². The van der Waals surface area contributed by atoms with E-state index in [1.165, 1.54) is 0 Å². The monoisotopic (exact) mass is 323 g/mol. The third kappa shape index (κ3) is 2.93. The first-order valence-corrected chi connectivity index (χ1v) is 8.61. The van der Waals surface area contributed by atoms with Crippen molar-refractivity contribution in [1.29, 1.82) is 5.26 Å². The van der Waals surface area contributed by atoms with Gasteiger partial charge in [-0.15, -0.1) is 0 Å². The lowest BCUT2D eigenvalue weighted by molar-refractivity contribution is 0.0836. The molecule has 2 fully saturated rings. The quantitative estimate of drug-likeness (QED) is 0.936. The van der Waals surface area contributed by atoms with Gasteiger partial charge in [0.15, 0.2) is 5.82 Å². The van der Waals surface area contributed by atoms with Crippen LogP contribution in [0.3, 0.4) is 0 Å². The van der Waals surface area contributed by atoms with Gasteiger partial charge in [0, 0.05) is 31.6 Å². The Labute approximate surface area is 141 Å². The number of aromatic nitrogens is 3. The van der Waals surface area contributed by atoms with Crippen LogP contribution in [0.5, 0.6) is 0 Å². The molecule has 2 aromatic rings. The van der Waals surface area contributed by atoms with Crippen LogP contribution in [0.15, 0.2) is 24.3 Å². The van der Waals surface area contributed by atoms with Gasteiger partial charge in [-0.3, -0.25) is 0 Å². The molecule has 0 unspecified atom stereocenters. The zero-order valence-electron chi connectivity index (χ0n) is 13.6. The molecule has 1 atom stereocenters. The molecule has 1 aromatic carbocycles. The average Bonchev–Trinajstić information content (AvgIpc) is 3.32. The number of ether oxygens (including phenoxy) is 1. The van der Waals surface area contributed by atoms with E-state index in [0.29, 0.717) is 17.4 Å². The summed E-state index contributed by atoms with van der Waals surface area (Å²) < 4.78 is 7.44. The molecule has 1 N–H and O–H groups in total. The van der Waals surface area contributed by atoms with E-state index in [-0.39, 0.29) is 0 Å². The predicted octanol–water partition coefficient (Wildman–Crippen LogP) is 2.11. The number of hydrogen-bond donors (Lipinski definition) is 1. The van der Waals surface area contributed by atoms with E-state index in [1.54, 1.807) is 0 Å². The third-order valence-electron chi connectivity index (χ3n) is 4.90. The van der Waals surface area contributed by atoms with Crippen LogP contribution in [0.1, 0.15) is 48.3 Å². The summed E-state index contributed by atoms with van der Waals surface area (Å²) in [5.41, 5.74) is 1.63. The van der Waals surface area contributed by atoms with Crippen LogP contribution in [0.4, 0.5) is 0 Å². The lowest BCUT2D eigenvalue weighted by atomic mass is 10.00. The van der Waals surface area contributed by atoms with Crippen molar-refractivity contribution in [2.75, 3.05) is 26.3 Å². The Morgan fingerprint density at radius 2 is 1.92 bits per heavy atom. The normalized spacial score (nSPS) is 21.7. The maximum absolute atomic E-state index is 9.00. The van der Waals surface area contributed by atoms with Gasteiger partial charge in [-0.2, -0.15) is 10.4 Å². The Balaban J connectivity index is 1.72. The van der Waals surface area contributed by atoms with Crippen molar-refractivity contribution in [2.24, 2.45) is 0 Å². The van der Waals surface area contributed by atoms with E-state index in [0.717, 1.165) is 62.9 Å². The van der Waals surface area contributed by atoms with Gasteiger partial charge in [0.2, 0.25) is 0 Å². The highest BCUT2D eigenvalue weighted by molar-refractivity contribution is 5.39. The molecule has 2 aliphatic rings. The van der Waals surface area contributed by atoms with Gasteiger partial charge in [-0.25, -0.2) is 9.67 Å². The SMILES string of the molecule is N#Cc1ccc(-n2nc(C3CCOCC3)nc2[C@H]2CCNC2)cc1. The first-order chi connectivity index (χ1) is 11.8. The minimum Gasteiger partial charge on any atom is -0.381 e. The number of nitrogens with one attached hydrogen (secondary N) is 1. The molecule has 0 saturated carbocycles. The molecule has 0 amide bonds. The minimum atomic E-state index is 0.381.